The lowest BCUT2D eigenvalue weighted by Crippen LogP contribution is -2.57. The van der Waals surface area contributed by atoms with Crippen molar-refractivity contribution in [3.63, 3.8) is 0 Å². The minimum absolute atomic E-state index is 0.0601. The van der Waals surface area contributed by atoms with Crippen LogP contribution in [0.4, 0.5) is 0 Å². The van der Waals surface area contributed by atoms with E-state index in [9.17, 15) is 33.9 Å². The zero-order chi connectivity index (χ0) is 29.8. The Morgan fingerprint density at radius 2 is 1.52 bits per heavy atom. The third kappa shape index (κ3) is 9.89. The maximum Gasteiger partial charge on any atom is 0.326 e. The van der Waals surface area contributed by atoms with Gasteiger partial charge in [-0.1, -0.05) is 18.2 Å². The van der Waals surface area contributed by atoms with Crippen molar-refractivity contribution in [2.75, 3.05) is 12.0 Å². The highest BCUT2D eigenvalue weighted by atomic mass is 32.2. The number of hydrogen-bond donors (Lipinski definition) is 8. The third-order valence-electron chi connectivity index (χ3n) is 6.00. The van der Waals surface area contributed by atoms with Gasteiger partial charge in [0.05, 0.1) is 12.5 Å². The van der Waals surface area contributed by atoms with Crippen molar-refractivity contribution in [2.45, 2.75) is 56.3 Å². The summed E-state index contributed by atoms with van der Waals surface area (Å²) in [4.78, 5) is 76.0. The molecule has 1 aromatic heterocycles. The molecule has 2 aromatic rings. The predicted octanol–water partition coefficient (Wildman–Crippen LogP) is -0.930. The molecule has 0 saturated carbocycles. The van der Waals surface area contributed by atoms with Crippen LogP contribution in [0.15, 0.2) is 30.5 Å². The van der Waals surface area contributed by atoms with Gasteiger partial charge in [0, 0.05) is 29.9 Å². The molecule has 0 saturated heterocycles. The average Bonchev–Trinajstić information content (AvgIpc) is 3.30. The van der Waals surface area contributed by atoms with E-state index in [0.717, 1.165) is 10.9 Å². The number of aliphatic carboxylic acids is 2. The Bertz CT molecular complexity index is 1230. The number of carbonyl (C=O) groups is 6. The van der Waals surface area contributed by atoms with Gasteiger partial charge in [0.25, 0.3) is 0 Å². The summed E-state index contributed by atoms with van der Waals surface area (Å²) < 4.78 is 0. The first-order valence-electron chi connectivity index (χ1n) is 12.4. The summed E-state index contributed by atoms with van der Waals surface area (Å²) in [5.41, 5.74) is 12.3. The number of carboxylic acid groups (broad SMARTS) is 2. The number of nitrogens with two attached hydrogens (primary N) is 2. The van der Waals surface area contributed by atoms with Crippen LogP contribution in [0.5, 0.6) is 0 Å². The zero-order valence-corrected chi connectivity index (χ0v) is 22.7. The van der Waals surface area contributed by atoms with Gasteiger partial charge >= 0.3 is 11.9 Å². The normalized spacial score (nSPS) is 13.9. The molecule has 4 amide bonds. The van der Waals surface area contributed by atoms with Crippen molar-refractivity contribution in [1.29, 1.82) is 0 Å². The van der Waals surface area contributed by atoms with Gasteiger partial charge in [-0.3, -0.25) is 24.0 Å². The van der Waals surface area contributed by atoms with Gasteiger partial charge < -0.3 is 42.6 Å². The van der Waals surface area contributed by atoms with E-state index in [2.05, 4.69) is 20.9 Å². The van der Waals surface area contributed by atoms with Crippen molar-refractivity contribution in [2.24, 2.45) is 11.5 Å². The first kappa shape index (κ1) is 32.1. The SMILES string of the molecule is CSCCC(NC(=O)C(N)CC(=O)O)C(=O)NC(CCC(N)=O)C(=O)NC(Cc1c[nH]c2ccccc12)C(=O)O. The Kier molecular flexibility index (Phi) is 12.4. The minimum Gasteiger partial charge on any atom is -0.481 e. The predicted molar refractivity (Wildman–Crippen MR) is 147 cm³/mol. The fourth-order valence-corrected chi connectivity index (χ4v) is 4.36. The number of carbonyl (C=O) groups excluding carboxylic acids is 4. The number of amides is 4. The van der Waals surface area contributed by atoms with Crippen LogP contribution in [0.3, 0.4) is 0 Å². The van der Waals surface area contributed by atoms with Crippen molar-refractivity contribution in [3.05, 3.63) is 36.0 Å². The van der Waals surface area contributed by atoms with Crippen LogP contribution in [-0.2, 0) is 35.2 Å². The number of aromatic amines is 1. The lowest BCUT2D eigenvalue weighted by molar-refractivity contribution is -0.142. The number of rotatable bonds is 17. The van der Waals surface area contributed by atoms with Gasteiger partial charge in [0.2, 0.25) is 23.6 Å². The lowest BCUT2D eigenvalue weighted by Gasteiger charge is -2.25. The highest BCUT2D eigenvalue weighted by Crippen LogP contribution is 2.19. The molecule has 1 heterocycles. The number of hydrogen-bond acceptors (Lipinski definition) is 8. The van der Waals surface area contributed by atoms with E-state index in [0.29, 0.717) is 11.3 Å². The van der Waals surface area contributed by atoms with Crippen molar-refractivity contribution in [1.82, 2.24) is 20.9 Å². The van der Waals surface area contributed by atoms with Crippen LogP contribution in [0, 0.1) is 0 Å². The largest absolute Gasteiger partial charge is 0.481 e. The van der Waals surface area contributed by atoms with Gasteiger partial charge in [-0.2, -0.15) is 11.8 Å². The molecule has 10 N–H and O–H groups in total. The molecule has 0 radical (unpaired) electrons. The van der Waals surface area contributed by atoms with E-state index < -0.39 is 66.2 Å². The third-order valence-corrected chi connectivity index (χ3v) is 6.64. The molecule has 0 fully saturated rings. The number of primary amides is 1. The van der Waals surface area contributed by atoms with E-state index in [1.54, 1.807) is 18.5 Å². The number of carboxylic acids is 2. The monoisotopic (exact) mass is 578 g/mol. The summed E-state index contributed by atoms with van der Waals surface area (Å²) in [6, 6.07) is 1.95. The fraction of sp³-hybridized carbons (Fsp3) is 0.440. The fourth-order valence-electron chi connectivity index (χ4n) is 3.88. The molecule has 2 rings (SSSR count). The second-order valence-corrected chi connectivity index (χ2v) is 10.1. The molecule has 0 aliphatic rings. The molecule has 15 heteroatoms. The number of fused-ring (bicyclic) bond motifs is 1. The van der Waals surface area contributed by atoms with Crippen molar-refractivity contribution >= 4 is 58.2 Å². The first-order chi connectivity index (χ1) is 18.9. The highest BCUT2D eigenvalue weighted by Gasteiger charge is 2.31. The summed E-state index contributed by atoms with van der Waals surface area (Å²) in [6.45, 7) is 0. The molecule has 14 nitrogen and oxygen atoms in total. The molecular weight excluding hydrogens is 544 g/mol. The van der Waals surface area contributed by atoms with Crippen LogP contribution in [-0.4, -0.2) is 86.9 Å². The number of H-pyrrole nitrogens is 1. The number of benzene rings is 1. The Morgan fingerprint density at radius 3 is 2.12 bits per heavy atom. The van der Waals surface area contributed by atoms with Crippen LogP contribution >= 0.6 is 11.8 Å². The second kappa shape index (κ2) is 15.5. The van der Waals surface area contributed by atoms with Crippen LogP contribution in [0.1, 0.15) is 31.2 Å². The number of aromatic nitrogens is 1. The molecule has 218 valence electrons. The van der Waals surface area contributed by atoms with E-state index in [1.807, 2.05) is 18.2 Å². The molecule has 0 spiro atoms. The molecule has 0 aliphatic carbocycles. The highest BCUT2D eigenvalue weighted by molar-refractivity contribution is 7.98. The molecule has 40 heavy (non-hydrogen) atoms. The summed E-state index contributed by atoms with van der Waals surface area (Å²) in [5, 5.41) is 26.7. The Morgan fingerprint density at radius 1 is 0.925 bits per heavy atom. The average molecular weight is 579 g/mol. The summed E-state index contributed by atoms with van der Waals surface area (Å²) in [7, 11) is 0. The molecule has 1 aromatic carbocycles. The lowest BCUT2D eigenvalue weighted by atomic mass is 10.0. The first-order valence-corrected chi connectivity index (χ1v) is 13.8. The van der Waals surface area contributed by atoms with E-state index in [4.69, 9.17) is 16.6 Å². The van der Waals surface area contributed by atoms with Gasteiger partial charge in [-0.25, -0.2) is 4.79 Å². The van der Waals surface area contributed by atoms with Gasteiger partial charge in [0.1, 0.15) is 18.1 Å². The number of nitrogens with one attached hydrogen (secondary N) is 4. The Balaban J connectivity index is 2.19. The number of para-hydroxylation sites is 1. The number of thioether (sulfide) groups is 1. The topological polar surface area (TPSA) is 247 Å². The molecule has 0 bridgehead atoms. The molecule has 0 aliphatic heterocycles. The maximum absolute atomic E-state index is 13.2. The molecule has 4 atom stereocenters. The van der Waals surface area contributed by atoms with E-state index in [-0.39, 0.29) is 25.7 Å². The zero-order valence-electron chi connectivity index (χ0n) is 21.8. The van der Waals surface area contributed by atoms with Gasteiger partial charge in [-0.05, 0) is 36.5 Å². The van der Waals surface area contributed by atoms with Crippen molar-refractivity contribution < 1.29 is 39.0 Å². The van der Waals surface area contributed by atoms with E-state index in [1.165, 1.54) is 11.8 Å². The minimum atomic E-state index is -1.41. The molecule has 4 unspecified atom stereocenters. The Labute approximate surface area is 234 Å². The summed E-state index contributed by atoms with van der Waals surface area (Å²) in [6.07, 6.45) is 2.32. The maximum atomic E-state index is 13.2. The van der Waals surface area contributed by atoms with Crippen molar-refractivity contribution in [3.8, 4) is 0 Å². The summed E-state index contributed by atoms with van der Waals surface area (Å²) in [5.74, 6) is -5.44. The van der Waals surface area contributed by atoms with Crippen LogP contribution in [0.2, 0.25) is 0 Å². The van der Waals surface area contributed by atoms with Crippen LogP contribution < -0.4 is 27.4 Å². The Hall–Kier alpha value is -4.11. The quantitative estimate of drug-likeness (QED) is 0.114. The van der Waals surface area contributed by atoms with Gasteiger partial charge in [-0.15, -0.1) is 0 Å². The van der Waals surface area contributed by atoms with Gasteiger partial charge in [0.15, 0.2) is 0 Å². The van der Waals surface area contributed by atoms with E-state index >= 15 is 0 Å². The smallest absolute Gasteiger partial charge is 0.326 e. The molecular formula is C25H34N6O8S. The summed E-state index contributed by atoms with van der Waals surface area (Å²) >= 11 is 1.38. The van der Waals surface area contributed by atoms with Crippen LogP contribution in [0.25, 0.3) is 10.9 Å². The standard InChI is InChI=1S/C25H34N6O8S/c1-40-9-8-18(29-22(35)15(26)11-21(33)34)24(37)30-17(6-7-20(27)32)23(36)31-19(25(38)39)10-13-12-28-16-5-3-2-4-14(13)16/h2-5,12,15,17-19,28H,6-11,26H2,1H3,(H2,27,32)(H,29,35)(H,30,37)(H,31,36)(H,33,34)(H,38,39). The second-order valence-electron chi connectivity index (χ2n) is 9.08.